The Hall–Kier alpha value is -3.21. The second-order valence-electron chi connectivity index (χ2n) is 7.41. The second-order valence-corrected chi connectivity index (χ2v) is 9.22. The number of halogens is 2. The third kappa shape index (κ3) is 6.71. The van der Waals surface area contributed by atoms with Crippen molar-refractivity contribution in [1.82, 2.24) is 4.90 Å². The quantitative estimate of drug-likeness (QED) is 0.344. The molecule has 2 aromatic carbocycles. The van der Waals surface area contributed by atoms with Crippen LogP contribution in [0.25, 0.3) is 6.08 Å². The molecule has 0 aliphatic carbocycles. The number of imide groups is 1. The Labute approximate surface area is 221 Å². The number of hydrogen-bond acceptors (Lipinski definition) is 8. The molecule has 1 heterocycles. The van der Waals surface area contributed by atoms with Crippen molar-refractivity contribution in [1.29, 1.82) is 0 Å². The first-order chi connectivity index (χ1) is 17.1. The fraction of sp³-hybridized carbons (Fsp3) is 0.250. The highest BCUT2D eigenvalue weighted by atomic mass is 35.5. The maximum absolute atomic E-state index is 12.9. The van der Waals surface area contributed by atoms with Gasteiger partial charge in [-0.25, -0.2) is 4.79 Å². The van der Waals surface area contributed by atoms with Gasteiger partial charge in [0.1, 0.15) is 6.54 Å². The molecule has 0 unspecified atom stereocenters. The van der Waals surface area contributed by atoms with E-state index in [2.05, 4.69) is 10.1 Å². The molecule has 0 spiro atoms. The van der Waals surface area contributed by atoms with E-state index in [0.29, 0.717) is 28.0 Å². The van der Waals surface area contributed by atoms with Crippen LogP contribution in [0.3, 0.4) is 0 Å². The maximum Gasteiger partial charge on any atom is 0.343 e. The summed E-state index contributed by atoms with van der Waals surface area (Å²) >= 11 is 13.1. The van der Waals surface area contributed by atoms with E-state index in [1.807, 2.05) is 6.92 Å². The van der Waals surface area contributed by atoms with Crippen LogP contribution in [0.4, 0.5) is 10.5 Å². The molecule has 0 bridgehead atoms. The molecule has 2 aromatic rings. The molecular weight excluding hydrogens is 531 g/mol. The molecule has 190 valence electrons. The van der Waals surface area contributed by atoms with Crippen LogP contribution < -0.4 is 14.8 Å². The van der Waals surface area contributed by atoms with Gasteiger partial charge in [-0.2, -0.15) is 0 Å². The minimum Gasteiger partial charge on any atom is -0.490 e. The normalized spacial score (nSPS) is 14.2. The van der Waals surface area contributed by atoms with Gasteiger partial charge in [-0.05, 0) is 67.1 Å². The van der Waals surface area contributed by atoms with E-state index >= 15 is 0 Å². The van der Waals surface area contributed by atoms with Crippen LogP contribution in [0, 0.1) is 6.92 Å². The van der Waals surface area contributed by atoms with Crippen LogP contribution in [0.15, 0.2) is 35.2 Å². The van der Waals surface area contributed by atoms with E-state index in [1.54, 1.807) is 31.2 Å². The standard InChI is InChI=1S/C24H22Cl2N2O7S/c1-4-34-18-8-14(7-17(26)22(18)35-12-21(30)33-3)9-19-23(31)28(24(32)36-19)11-20(29)27-15-6-5-13(2)16(25)10-15/h5-10H,4,11-12H2,1-3H3,(H,27,29)/b19-9-. The predicted molar refractivity (Wildman–Crippen MR) is 138 cm³/mol. The first-order valence-corrected chi connectivity index (χ1v) is 12.2. The highest BCUT2D eigenvalue weighted by molar-refractivity contribution is 8.18. The number of ether oxygens (including phenoxy) is 3. The van der Waals surface area contributed by atoms with Gasteiger partial charge in [-0.15, -0.1) is 0 Å². The molecule has 0 atom stereocenters. The van der Waals surface area contributed by atoms with E-state index in [9.17, 15) is 19.2 Å². The Balaban J connectivity index is 1.76. The zero-order chi connectivity index (χ0) is 26.4. The number of amides is 3. The van der Waals surface area contributed by atoms with Gasteiger partial charge in [0.25, 0.3) is 11.1 Å². The van der Waals surface area contributed by atoms with Gasteiger partial charge in [0, 0.05) is 10.7 Å². The van der Waals surface area contributed by atoms with Crippen LogP contribution in [0.2, 0.25) is 10.0 Å². The Bertz CT molecular complexity index is 1250. The van der Waals surface area contributed by atoms with Crippen molar-refractivity contribution in [2.24, 2.45) is 0 Å². The van der Waals surface area contributed by atoms with Gasteiger partial charge in [-0.1, -0.05) is 29.3 Å². The van der Waals surface area contributed by atoms with Gasteiger partial charge >= 0.3 is 5.97 Å². The summed E-state index contributed by atoms with van der Waals surface area (Å²) in [5, 5.41) is 2.65. The summed E-state index contributed by atoms with van der Waals surface area (Å²) in [6.45, 7) is 3.04. The lowest BCUT2D eigenvalue weighted by atomic mass is 10.1. The number of benzene rings is 2. The number of methoxy groups -OCH3 is 1. The summed E-state index contributed by atoms with van der Waals surface area (Å²) < 4.78 is 15.5. The van der Waals surface area contributed by atoms with E-state index < -0.39 is 29.6 Å². The van der Waals surface area contributed by atoms with Crippen LogP contribution in [0.5, 0.6) is 11.5 Å². The van der Waals surface area contributed by atoms with Crippen molar-refractivity contribution in [3.05, 3.63) is 56.4 Å². The molecule has 1 aliphatic heterocycles. The summed E-state index contributed by atoms with van der Waals surface area (Å²) in [5.74, 6) is -1.38. The zero-order valence-corrected chi connectivity index (χ0v) is 21.9. The summed E-state index contributed by atoms with van der Waals surface area (Å²) in [5.41, 5.74) is 1.75. The second kappa shape index (κ2) is 12.2. The molecule has 1 N–H and O–H groups in total. The molecule has 1 fully saturated rings. The van der Waals surface area contributed by atoms with Gasteiger partial charge in [-0.3, -0.25) is 19.3 Å². The first kappa shape index (κ1) is 27.4. The lowest BCUT2D eigenvalue weighted by Crippen LogP contribution is -2.36. The monoisotopic (exact) mass is 552 g/mol. The molecular formula is C24H22Cl2N2O7S. The summed E-state index contributed by atoms with van der Waals surface area (Å²) in [4.78, 5) is 50.1. The van der Waals surface area contributed by atoms with E-state index in [0.717, 1.165) is 10.5 Å². The number of anilines is 1. The summed E-state index contributed by atoms with van der Waals surface area (Å²) in [7, 11) is 1.23. The molecule has 1 aliphatic rings. The molecule has 3 amide bonds. The molecule has 36 heavy (non-hydrogen) atoms. The van der Waals surface area contributed by atoms with Gasteiger partial charge < -0.3 is 19.5 Å². The number of aryl methyl sites for hydroxylation is 1. The molecule has 9 nitrogen and oxygen atoms in total. The van der Waals surface area contributed by atoms with Crippen LogP contribution in [0.1, 0.15) is 18.1 Å². The number of nitrogens with one attached hydrogen (secondary N) is 1. The summed E-state index contributed by atoms with van der Waals surface area (Å²) in [6.07, 6.45) is 1.46. The van der Waals surface area contributed by atoms with Crippen molar-refractivity contribution in [2.75, 3.05) is 32.2 Å². The molecule has 0 radical (unpaired) electrons. The highest BCUT2D eigenvalue weighted by Gasteiger charge is 2.36. The minimum atomic E-state index is -0.623. The zero-order valence-electron chi connectivity index (χ0n) is 19.6. The molecule has 1 saturated heterocycles. The lowest BCUT2D eigenvalue weighted by Gasteiger charge is -2.14. The fourth-order valence-electron chi connectivity index (χ4n) is 3.07. The van der Waals surface area contributed by atoms with Crippen molar-refractivity contribution in [3.63, 3.8) is 0 Å². The Morgan fingerprint density at radius 3 is 2.53 bits per heavy atom. The molecule has 3 rings (SSSR count). The third-order valence-electron chi connectivity index (χ3n) is 4.82. The average Bonchev–Trinajstić information content (AvgIpc) is 3.08. The highest BCUT2D eigenvalue weighted by Crippen LogP contribution is 2.39. The van der Waals surface area contributed by atoms with Crippen molar-refractivity contribution < 1.29 is 33.4 Å². The van der Waals surface area contributed by atoms with Gasteiger partial charge in [0.15, 0.2) is 18.1 Å². The third-order valence-corrected chi connectivity index (χ3v) is 6.42. The average molecular weight is 553 g/mol. The van der Waals surface area contributed by atoms with E-state index in [1.165, 1.54) is 19.3 Å². The number of carbonyl (C=O) groups is 4. The number of carbonyl (C=O) groups excluding carboxylic acids is 4. The smallest absolute Gasteiger partial charge is 0.343 e. The van der Waals surface area contributed by atoms with Crippen molar-refractivity contribution >= 4 is 69.8 Å². The number of rotatable bonds is 9. The van der Waals surface area contributed by atoms with E-state index in [4.69, 9.17) is 32.7 Å². The predicted octanol–water partition coefficient (Wildman–Crippen LogP) is 4.93. The molecule has 0 aromatic heterocycles. The van der Waals surface area contributed by atoms with Crippen LogP contribution in [-0.4, -0.2) is 54.8 Å². The lowest BCUT2D eigenvalue weighted by molar-refractivity contribution is -0.143. The number of hydrogen-bond donors (Lipinski definition) is 1. The van der Waals surface area contributed by atoms with Gasteiger partial charge in [0.05, 0.1) is 23.6 Å². The Kier molecular flexibility index (Phi) is 9.25. The molecule has 12 heteroatoms. The Morgan fingerprint density at radius 2 is 1.86 bits per heavy atom. The number of esters is 1. The fourth-order valence-corrected chi connectivity index (χ4v) is 4.36. The van der Waals surface area contributed by atoms with Crippen LogP contribution >= 0.6 is 35.0 Å². The first-order valence-electron chi connectivity index (χ1n) is 10.6. The topological polar surface area (TPSA) is 111 Å². The minimum absolute atomic E-state index is 0.105. The maximum atomic E-state index is 12.9. The largest absolute Gasteiger partial charge is 0.490 e. The molecule has 0 saturated carbocycles. The Morgan fingerprint density at radius 1 is 1.11 bits per heavy atom. The number of thioether (sulfide) groups is 1. The number of nitrogens with zero attached hydrogens (tertiary/aromatic N) is 1. The SMILES string of the molecule is CCOc1cc(/C=C2\SC(=O)N(CC(=O)Nc3ccc(C)c(Cl)c3)C2=O)cc(Cl)c1OCC(=O)OC. The van der Waals surface area contributed by atoms with Gasteiger partial charge in [0.2, 0.25) is 5.91 Å². The van der Waals surface area contributed by atoms with Crippen LogP contribution in [-0.2, 0) is 19.1 Å². The van der Waals surface area contributed by atoms with Crippen molar-refractivity contribution in [3.8, 4) is 11.5 Å². The summed E-state index contributed by atoms with van der Waals surface area (Å²) in [6, 6.07) is 8.06. The van der Waals surface area contributed by atoms with Crippen molar-refractivity contribution in [2.45, 2.75) is 13.8 Å². The van der Waals surface area contributed by atoms with E-state index in [-0.39, 0.29) is 34.6 Å².